The van der Waals surface area contributed by atoms with Gasteiger partial charge >= 0.3 is 6.18 Å². The minimum Gasteiger partial charge on any atom is -0.347 e. The minimum atomic E-state index is -4.57. The molecule has 20 heavy (non-hydrogen) atoms. The van der Waals surface area contributed by atoms with E-state index in [0.717, 1.165) is 4.90 Å². The summed E-state index contributed by atoms with van der Waals surface area (Å²) in [6.45, 7) is 1.52. The highest BCUT2D eigenvalue weighted by atomic mass is 19.4. The van der Waals surface area contributed by atoms with Gasteiger partial charge in [-0.15, -0.1) is 0 Å². The van der Waals surface area contributed by atoms with E-state index in [9.17, 15) is 22.8 Å². The number of carbonyl (C=O) groups excluding carboxylic acids is 2. The predicted octanol–water partition coefficient (Wildman–Crippen LogP) is 0.839. The Hall–Kier alpha value is -1.31. The van der Waals surface area contributed by atoms with Gasteiger partial charge < -0.3 is 15.5 Å². The van der Waals surface area contributed by atoms with E-state index in [-0.39, 0.29) is 12.3 Å². The summed E-state index contributed by atoms with van der Waals surface area (Å²) in [5, 5.41) is 0. The first-order chi connectivity index (χ1) is 8.94. The molecule has 2 N–H and O–H groups in total. The lowest BCUT2D eigenvalue weighted by atomic mass is 10.0. The van der Waals surface area contributed by atoms with Gasteiger partial charge in [0.05, 0.1) is 6.04 Å². The largest absolute Gasteiger partial charge is 0.406 e. The van der Waals surface area contributed by atoms with Gasteiger partial charge in [-0.2, -0.15) is 13.2 Å². The summed E-state index contributed by atoms with van der Waals surface area (Å²) in [6, 6.07) is -1.03. The standard InChI is InChI=1S/C12H22F3N3O2/c1-8(2)5-9(16)11(20)18(7-12(13,14)15)6-10(19)17(3)4/h8-9H,5-7,16H2,1-4H3/t9-/m1/s1. The van der Waals surface area contributed by atoms with Gasteiger partial charge in [0.1, 0.15) is 13.1 Å². The number of likely N-dealkylation sites (N-methyl/N-ethyl adjacent to an activating group) is 1. The number of rotatable bonds is 6. The van der Waals surface area contributed by atoms with Gasteiger partial charge in [-0.25, -0.2) is 0 Å². The van der Waals surface area contributed by atoms with E-state index in [2.05, 4.69) is 0 Å². The van der Waals surface area contributed by atoms with Gasteiger partial charge in [-0.05, 0) is 12.3 Å². The summed E-state index contributed by atoms with van der Waals surface area (Å²) in [7, 11) is 2.82. The Balaban J connectivity index is 4.92. The van der Waals surface area contributed by atoms with E-state index >= 15 is 0 Å². The van der Waals surface area contributed by atoms with Gasteiger partial charge in [0.25, 0.3) is 0 Å². The molecule has 0 aromatic rings. The molecule has 5 nitrogen and oxygen atoms in total. The second kappa shape index (κ2) is 7.47. The smallest absolute Gasteiger partial charge is 0.347 e. The average Bonchev–Trinajstić information content (AvgIpc) is 2.23. The maximum Gasteiger partial charge on any atom is 0.406 e. The normalized spacial score (nSPS) is 13.2. The SMILES string of the molecule is CC(C)C[C@@H](N)C(=O)N(CC(=O)N(C)C)CC(F)(F)F. The second-order valence-electron chi connectivity index (χ2n) is 5.33. The van der Waals surface area contributed by atoms with Gasteiger partial charge in [0.2, 0.25) is 11.8 Å². The average molecular weight is 297 g/mol. The molecule has 0 bridgehead atoms. The molecule has 8 heteroatoms. The maximum atomic E-state index is 12.5. The number of alkyl halides is 3. The number of nitrogens with two attached hydrogens (primary N) is 1. The molecule has 0 spiro atoms. The van der Waals surface area contributed by atoms with E-state index in [1.54, 1.807) is 0 Å². The van der Waals surface area contributed by atoms with Crippen LogP contribution in [0.1, 0.15) is 20.3 Å². The van der Waals surface area contributed by atoms with Crippen molar-refractivity contribution in [2.45, 2.75) is 32.5 Å². The quantitative estimate of drug-likeness (QED) is 0.790. The zero-order valence-corrected chi connectivity index (χ0v) is 12.2. The van der Waals surface area contributed by atoms with E-state index in [1.165, 1.54) is 14.1 Å². The number of halogens is 3. The summed E-state index contributed by atoms with van der Waals surface area (Å²) in [5.74, 6) is -1.36. The molecule has 0 heterocycles. The van der Waals surface area contributed by atoms with Gasteiger partial charge in [0.15, 0.2) is 0 Å². The van der Waals surface area contributed by atoms with Crippen molar-refractivity contribution in [1.82, 2.24) is 9.80 Å². The molecule has 0 aliphatic heterocycles. The molecule has 0 saturated carbocycles. The Morgan fingerprint density at radius 3 is 2.05 bits per heavy atom. The molecule has 0 rings (SSSR count). The molecule has 0 aliphatic rings. The van der Waals surface area contributed by atoms with Crippen molar-refractivity contribution in [2.75, 3.05) is 27.2 Å². The summed E-state index contributed by atoms with van der Waals surface area (Å²) in [5.41, 5.74) is 5.61. The Labute approximate surface area is 116 Å². The van der Waals surface area contributed by atoms with Crippen molar-refractivity contribution in [1.29, 1.82) is 0 Å². The van der Waals surface area contributed by atoms with E-state index < -0.39 is 37.1 Å². The number of hydrogen-bond acceptors (Lipinski definition) is 3. The summed E-state index contributed by atoms with van der Waals surface area (Å²) in [4.78, 5) is 25.1. The van der Waals surface area contributed by atoms with Crippen LogP contribution in [0.5, 0.6) is 0 Å². The Kier molecular flexibility index (Phi) is 6.98. The molecule has 118 valence electrons. The van der Waals surface area contributed by atoms with Crippen molar-refractivity contribution >= 4 is 11.8 Å². The molecule has 0 unspecified atom stereocenters. The van der Waals surface area contributed by atoms with Crippen LogP contribution in [0.3, 0.4) is 0 Å². The first-order valence-electron chi connectivity index (χ1n) is 6.25. The molecule has 0 aromatic heterocycles. The first kappa shape index (κ1) is 18.7. The summed E-state index contributed by atoms with van der Waals surface area (Å²) >= 11 is 0. The molecular formula is C12H22F3N3O2. The third kappa shape index (κ3) is 7.32. The van der Waals surface area contributed by atoms with Crippen molar-refractivity contribution in [3.05, 3.63) is 0 Å². The Bertz CT molecular complexity index is 343. The fourth-order valence-electron chi connectivity index (χ4n) is 1.58. The molecule has 0 radical (unpaired) electrons. The van der Waals surface area contributed by atoms with Crippen LogP contribution in [0, 0.1) is 5.92 Å². The molecule has 2 amide bonds. The van der Waals surface area contributed by atoms with Crippen LogP contribution >= 0.6 is 0 Å². The van der Waals surface area contributed by atoms with Crippen LogP contribution in [-0.2, 0) is 9.59 Å². The van der Waals surface area contributed by atoms with Crippen molar-refractivity contribution < 1.29 is 22.8 Å². The van der Waals surface area contributed by atoms with Crippen LogP contribution < -0.4 is 5.73 Å². The number of hydrogen-bond donors (Lipinski definition) is 1. The van der Waals surface area contributed by atoms with E-state index in [1.807, 2.05) is 13.8 Å². The molecule has 1 atom stereocenters. The highest BCUT2D eigenvalue weighted by Gasteiger charge is 2.35. The number of carbonyl (C=O) groups is 2. The van der Waals surface area contributed by atoms with Gasteiger partial charge in [-0.1, -0.05) is 13.8 Å². The van der Waals surface area contributed by atoms with Crippen LogP contribution in [0.4, 0.5) is 13.2 Å². The van der Waals surface area contributed by atoms with Crippen molar-refractivity contribution in [2.24, 2.45) is 11.7 Å². The predicted molar refractivity (Wildman–Crippen MR) is 68.8 cm³/mol. The monoisotopic (exact) mass is 297 g/mol. The highest BCUT2D eigenvalue weighted by molar-refractivity contribution is 5.87. The molecule has 0 fully saturated rings. The molecule has 0 aliphatic carbocycles. The van der Waals surface area contributed by atoms with E-state index in [0.29, 0.717) is 4.90 Å². The van der Waals surface area contributed by atoms with Crippen LogP contribution in [0.2, 0.25) is 0 Å². The molecule has 0 aromatic carbocycles. The van der Waals surface area contributed by atoms with Gasteiger partial charge in [-0.3, -0.25) is 9.59 Å². The van der Waals surface area contributed by atoms with Crippen LogP contribution in [0.15, 0.2) is 0 Å². The van der Waals surface area contributed by atoms with Crippen LogP contribution in [-0.4, -0.2) is 61.0 Å². The maximum absolute atomic E-state index is 12.5. The lowest BCUT2D eigenvalue weighted by molar-refractivity contribution is -0.164. The second-order valence-corrected chi connectivity index (χ2v) is 5.33. The first-order valence-corrected chi connectivity index (χ1v) is 6.25. The van der Waals surface area contributed by atoms with E-state index in [4.69, 9.17) is 5.73 Å². The topological polar surface area (TPSA) is 66.6 Å². The lowest BCUT2D eigenvalue weighted by Crippen LogP contribution is -2.51. The third-order valence-electron chi connectivity index (χ3n) is 2.55. The summed E-state index contributed by atoms with van der Waals surface area (Å²) < 4.78 is 37.5. The molecular weight excluding hydrogens is 275 g/mol. The van der Waals surface area contributed by atoms with Crippen molar-refractivity contribution in [3.63, 3.8) is 0 Å². The fraction of sp³-hybridized carbons (Fsp3) is 0.833. The minimum absolute atomic E-state index is 0.0752. The van der Waals surface area contributed by atoms with Crippen molar-refractivity contribution in [3.8, 4) is 0 Å². The Morgan fingerprint density at radius 1 is 1.20 bits per heavy atom. The lowest BCUT2D eigenvalue weighted by Gasteiger charge is -2.27. The molecule has 0 saturated heterocycles. The zero-order chi connectivity index (χ0) is 16.1. The van der Waals surface area contributed by atoms with Gasteiger partial charge in [0, 0.05) is 14.1 Å². The summed E-state index contributed by atoms with van der Waals surface area (Å²) in [6.07, 6.45) is -4.30. The van der Waals surface area contributed by atoms with Crippen LogP contribution in [0.25, 0.3) is 0 Å². The number of nitrogens with zero attached hydrogens (tertiary/aromatic N) is 2. The fourth-order valence-corrected chi connectivity index (χ4v) is 1.58. The third-order valence-corrected chi connectivity index (χ3v) is 2.55. The number of amides is 2. The highest BCUT2D eigenvalue weighted by Crippen LogP contribution is 2.17. The zero-order valence-electron chi connectivity index (χ0n) is 12.2. The Morgan fingerprint density at radius 2 is 1.70 bits per heavy atom.